The number of aromatic nitrogens is 1. The van der Waals surface area contributed by atoms with Crippen LogP contribution in [0, 0.1) is 0 Å². The van der Waals surface area contributed by atoms with E-state index in [1.807, 2.05) is 66.9 Å². The molecule has 0 aliphatic rings. The Kier molecular flexibility index (Phi) is 7.44. The van der Waals surface area contributed by atoms with E-state index in [9.17, 15) is 4.79 Å². The summed E-state index contributed by atoms with van der Waals surface area (Å²) in [5.41, 5.74) is 5.75. The average molecular weight is 554 g/mol. The molecule has 1 heterocycles. The van der Waals surface area contributed by atoms with Crippen LogP contribution in [-0.4, -0.2) is 29.3 Å². The Hall–Kier alpha value is -4.20. The molecule has 0 fully saturated rings. The summed E-state index contributed by atoms with van der Waals surface area (Å²) < 4.78 is 7.24. The zero-order valence-corrected chi connectivity index (χ0v) is 21.4. The predicted molar refractivity (Wildman–Crippen MR) is 151 cm³/mol. The highest BCUT2D eigenvalue weighted by molar-refractivity contribution is 9.10. The normalized spacial score (nSPS) is 11.5. The summed E-state index contributed by atoms with van der Waals surface area (Å²) >= 11 is 3.55. The molecule has 5 rings (SSSR count). The molecule has 0 unspecified atom stereocenters. The van der Waals surface area contributed by atoms with Crippen molar-refractivity contribution >= 4 is 55.3 Å². The molecule has 0 atom stereocenters. The third kappa shape index (κ3) is 5.80. The average Bonchev–Trinajstić information content (AvgIpc) is 2.94. The first kappa shape index (κ1) is 24.5. The molecule has 0 radical (unpaired) electrons. The molecule has 5 aromatic rings. The van der Waals surface area contributed by atoms with E-state index in [4.69, 9.17) is 9.94 Å². The summed E-state index contributed by atoms with van der Waals surface area (Å²) in [6.45, 7) is 0.900. The molecule has 184 valence electrons. The van der Waals surface area contributed by atoms with Crippen LogP contribution in [0.2, 0.25) is 0 Å². The van der Waals surface area contributed by atoms with Crippen LogP contribution >= 0.6 is 15.9 Å². The Morgan fingerprint density at radius 1 is 0.946 bits per heavy atom. The number of hydrogen-bond acceptors (Lipinski definition) is 5. The van der Waals surface area contributed by atoms with Gasteiger partial charge in [0.05, 0.1) is 17.4 Å². The number of anilines is 1. The van der Waals surface area contributed by atoms with E-state index < -0.39 is 5.91 Å². The van der Waals surface area contributed by atoms with E-state index in [-0.39, 0.29) is 0 Å². The number of nitrogens with zero attached hydrogens (tertiary/aromatic N) is 1. The molecule has 0 spiro atoms. The molecule has 37 heavy (non-hydrogen) atoms. The fourth-order valence-electron chi connectivity index (χ4n) is 4.10. The van der Waals surface area contributed by atoms with Gasteiger partial charge in [0, 0.05) is 27.4 Å². The molecule has 1 aromatic heterocycles. The molecule has 0 saturated carbocycles. The number of ether oxygens (including phenoxy) is 1. The van der Waals surface area contributed by atoms with Crippen molar-refractivity contribution in [3.05, 3.63) is 118 Å². The highest BCUT2D eigenvalue weighted by Gasteiger charge is 2.08. The van der Waals surface area contributed by atoms with Crippen LogP contribution < -0.4 is 15.5 Å². The molecular weight excluding hydrogens is 530 g/mol. The van der Waals surface area contributed by atoms with Gasteiger partial charge in [0.1, 0.15) is 12.4 Å². The lowest BCUT2D eigenvalue weighted by atomic mass is 10.1. The Labute approximate surface area is 222 Å². The summed E-state index contributed by atoms with van der Waals surface area (Å²) in [6.07, 6.45) is 3.85. The summed E-state index contributed by atoms with van der Waals surface area (Å²) in [5.74, 6) is 0.267. The Balaban J connectivity index is 1.39. The van der Waals surface area contributed by atoms with Gasteiger partial charge >= 0.3 is 0 Å². The lowest BCUT2D eigenvalue weighted by Crippen LogP contribution is -2.18. The van der Waals surface area contributed by atoms with Crippen LogP contribution in [-0.2, 0) is 0 Å². The van der Waals surface area contributed by atoms with Crippen molar-refractivity contribution in [2.75, 3.05) is 18.5 Å². The van der Waals surface area contributed by atoms with Crippen LogP contribution in [0.1, 0.15) is 15.9 Å². The Bertz CT molecular complexity index is 1590. The zero-order chi connectivity index (χ0) is 25.6. The van der Waals surface area contributed by atoms with Crippen molar-refractivity contribution in [2.24, 2.45) is 0 Å². The third-order valence-corrected chi connectivity index (χ3v) is 6.63. The Morgan fingerprint density at radius 2 is 1.70 bits per heavy atom. The number of carbonyl (C=O) groups is 1. The number of rotatable bonds is 8. The number of hydrogen-bond donors (Lipinski definition) is 3. The van der Waals surface area contributed by atoms with Crippen molar-refractivity contribution in [1.29, 1.82) is 0 Å². The zero-order valence-electron chi connectivity index (χ0n) is 19.8. The fraction of sp³-hybridized carbons (Fsp3) is 0.0667. The van der Waals surface area contributed by atoms with Gasteiger partial charge in [-0.25, -0.2) is 5.48 Å². The predicted octanol–water partition coefficient (Wildman–Crippen LogP) is 6.84. The molecule has 0 aliphatic heterocycles. The lowest BCUT2D eigenvalue weighted by molar-refractivity contribution is 0.0706. The second kappa shape index (κ2) is 11.2. The number of nitrogens with one attached hydrogen (secondary N) is 2. The molecule has 6 nitrogen and oxygen atoms in total. The minimum absolute atomic E-state index is 0.368. The van der Waals surface area contributed by atoms with Gasteiger partial charge < -0.3 is 10.1 Å². The van der Waals surface area contributed by atoms with Gasteiger partial charge in [-0.1, -0.05) is 66.7 Å². The van der Waals surface area contributed by atoms with Crippen molar-refractivity contribution in [2.45, 2.75) is 0 Å². The smallest absolute Gasteiger partial charge is 0.274 e. The number of pyridine rings is 1. The quantitative estimate of drug-likeness (QED) is 0.145. The SMILES string of the molecule is O=C(NO)c1ccc(/C=C(/CNc2cnc3c(Br)cccc3c2)COc2cccc3ccccc23)cc1. The van der Waals surface area contributed by atoms with Gasteiger partial charge in [0.25, 0.3) is 5.91 Å². The maximum absolute atomic E-state index is 11.7. The van der Waals surface area contributed by atoms with E-state index in [1.165, 1.54) is 0 Å². The number of carbonyl (C=O) groups excluding carboxylic acids is 1. The van der Waals surface area contributed by atoms with E-state index >= 15 is 0 Å². The number of benzene rings is 4. The van der Waals surface area contributed by atoms with Crippen molar-refractivity contribution < 1.29 is 14.7 Å². The first-order valence-corrected chi connectivity index (χ1v) is 12.5. The maximum atomic E-state index is 11.7. The van der Waals surface area contributed by atoms with E-state index in [0.29, 0.717) is 18.7 Å². The minimum atomic E-state index is -0.549. The van der Waals surface area contributed by atoms with Gasteiger partial charge in [-0.2, -0.15) is 0 Å². The highest BCUT2D eigenvalue weighted by atomic mass is 79.9. The molecule has 1 amide bonds. The molecule has 0 saturated heterocycles. The number of amides is 1. The second-order valence-electron chi connectivity index (χ2n) is 8.52. The first-order chi connectivity index (χ1) is 18.1. The standard InChI is InChI=1S/C30H24BrN3O3/c31-27-9-3-7-24-16-25(18-33-29(24)27)32-17-21(15-20-11-13-23(14-12-20)30(35)34-36)19-37-28-10-4-6-22-5-1-2-8-26(22)28/h1-16,18,32,36H,17,19H2,(H,34,35)/b21-15-. The van der Waals surface area contributed by atoms with E-state index in [1.54, 1.807) is 17.6 Å². The molecule has 0 aliphatic carbocycles. The van der Waals surface area contributed by atoms with Crippen LogP contribution in [0.3, 0.4) is 0 Å². The van der Waals surface area contributed by atoms with Crippen LogP contribution in [0.15, 0.2) is 107 Å². The van der Waals surface area contributed by atoms with Crippen LogP contribution in [0.4, 0.5) is 5.69 Å². The summed E-state index contributed by atoms with van der Waals surface area (Å²) in [6, 6.07) is 29.2. The lowest BCUT2D eigenvalue weighted by Gasteiger charge is -2.14. The summed E-state index contributed by atoms with van der Waals surface area (Å²) in [4.78, 5) is 16.3. The number of halogens is 1. The van der Waals surface area contributed by atoms with Gasteiger partial charge in [-0.3, -0.25) is 15.0 Å². The minimum Gasteiger partial charge on any atom is -0.489 e. The van der Waals surface area contributed by atoms with Gasteiger partial charge in [0.2, 0.25) is 0 Å². The van der Waals surface area contributed by atoms with Gasteiger partial charge in [-0.05, 0) is 62.8 Å². The van der Waals surface area contributed by atoms with E-state index in [2.05, 4.69) is 50.5 Å². The molecule has 4 aromatic carbocycles. The molecule has 7 heteroatoms. The fourth-order valence-corrected chi connectivity index (χ4v) is 4.59. The largest absolute Gasteiger partial charge is 0.489 e. The topological polar surface area (TPSA) is 83.5 Å². The number of hydroxylamine groups is 1. The van der Waals surface area contributed by atoms with Crippen molar-refractivity contribution in [3.8, 4) is 5.75 Å². The number of fused-ring (bicyclic) bond motifs is 2. The molecular formula is C30H24BrN3O3. The summed E-state index contributed by atoms with van der Waals surface area (Å²) in [7, 11) is 0. The highest BCUT2D eigenvalue weighted by Crippen LogP contribution is 2.27. The van der Waals surface area contributed by atoms with E-state index in [0.717, 1.165) is 48.7 Å². The Morgan fingerprint density at radius 3 is 2.54 bits per heavy atom. The number of para-hydroxylation sites is 1. The molecule has 0 bridgehead atoms. The maximum Gasteiger partial charge on any atom is 0.274 e. The first-order valence-electron chi connectivity index (χ1n) is 11.7. The van der Waals surface area contributed by atoms with Gasteiger partial charge in [-0.15, -0.1) is 0 Å². The van der Waals surface area contributed by atoms with Crippen molar-refractivity contribution in [1.82, 2.24) is 10.5 Å². The van der Waals surface area contributed by atoms with Crippen molar-refractivity contribution in [3.63, 3.8) is 0 Å². The van der Waals surface area contributed by atoms with Crippen LogP contribution in [0.5, 0.6) is 5.75 Å². The summed E-state index contributed by atoms with van der Waals surface area (Å²) in [5, 5.41) is 15.6. The monoisotopic (exact) mass is 553 g/mol. The molecule has 3 N–H and O–H groups in total. The van der Waals surface area contributed by atoms with Gasteiger partial charge in [0.15, 0.2) is 0 Å². The third-order valence-electron chi connectivity index (χ3n) is 5.99. The van der Waals surface area contributed by atoms with Crippen LogP contribution in [0.25, 0.3) is 27.8 Å². The second-order valence-corrected chi connectivity index (χ2v) is 9.37.